The molecular weight excluding hydrogens is 449 g/mol. The largest absolute Gasteiger partial charge is 0.352 e. The Morgan fingerprint density at radius 3 is 2.54 bits per heavy atom. The van der Waals surface area contributed by atoms with Crippen LogP contribution in [0.1, 0.15) is 49.7 Å². The van der Waals surface area contributed by atoms with E-state index in [2.05, 4.69) is 21.0 Å². The van der Waals surface area contributed by atoms with Crippen LogP contribution >= 0.6 is 0 Å². The van der Waals surface area contributed by atoms with Crippen molar-refractivity contribution in [1.82, 2.24) is 25.7 Å². The Kier molecular flexibility index (Phi) is 6.86. The molecule has 1 saturated heterocycles. The number of aromatic nitrogens is 2. The smallest absolute Gasteiger partial charge is 0.273 e. The molecule has 3 N–H and O–H groups in total. The summed E-state index contributed by atoms with van der Waals surface area (Å²) in [5.74, 6) is -1.11. The number of fused-ring (bicyclic) bond motifs is 1. The molecule has 1 unspecified atom stereocenters. The van der Waals surface area contributed by atoms with Crippen LogP contribution in [0.2, 0.25) is 0 Å². The van der Waals surface area contributed by atoms with Crippen LogP contribution in [0.4, 0.5) is 4.39 Å². The van der Waals surface area contributed by atoms with Gasteiger partial charge in [0.2, 0.25) is 11.8 Å². The average molecular weight is 480 g/mol. The lowest BCUT2D eigenvalue weighted by molar-refractivity contribution is -0.125. The summed E-state index contributed by atoms with van der Waals surface area (Å²) in [6, 6.07) is 12.6. The van der Waals surface area contributed by atoms with Crippen LogP contribution in [0.25, 0.3) is 10.9 Å². The van der Waals surface area contributed by atoms with Crippen molar-refractivity contribution in [3.63, 3.8) is 0 Å². The summed E-state index contributed by atoms with van der Waals surface area (Å²) >= 11 is 0. The van der Waals surface area contributed by atoms with Gasteiger partial charge in [0.25, 0.3) is 5.91 Å². The van der Waals surface area contributed by atoms with E-state index in [0.717, 1.165) is 11.1 Å². The Hall–Kier alpha value is -3.75. The van der Waals surface area contributed by atoms with E-state index >= 15 is 0 Å². The van der Waals surface area contributed by atoms with Crippen molar-refractivity contribution in [3.8, 4) is 0 Å². The number of carbonyl (C=O) groups excluding carboxylic acids is 3. The first kappa shape index (κ1) is 24.4. The van der Waals surface area contributed by atoms with Crippen LogP contribution in [0, 0.1) is 11.2 Å². The lowest BCUT2D eigenvalue weighted by Crippen LogP contribution is -2.55. The number of rotatable bonds is 7. The summed E-state index contributed by atoms with van der Waals surface area (Å²) in [6.07, 6.45) is 1.12. The maximum atomic E-state index is 13.4. The third-order valence-electron chi connectivity index (χ3n) is 6.13. The molecule has 0 aliphatic carbocycles. The van der Waals surface area contributed by atoms with Crippen LogP contribution in [0.5, 0.6) is 0 Å². The molecule has 8 nitrogen and oxygen atoms in total. The summed E-state index contributed by atoms with van der Waals surface area (Å²) in [5.41, 5.74) is 1.26. The molecule has 2 heterocycles. The first-order valence-corrected chi connectivity index (χ1v) is 11.7. The Morgan fingerprint density at radius 1 is 1.17 bits per heavy atom. The molecule has 3 aromatic rings. The van der Waals surface area contributed by atoms with Gasteiger partial charge in [-0.3, -0.25) is 19.1 Å². The van der Waals surface area contributed by atoms with E-state index < -0.39 is 17.4 Å². The molecule has 1 aliphatic heterocycles. The van der Waals surface area contributed by atoms with Crippen molar-refractivity contribution in [2.24, 2.45) is 5.41 Å². The minimum atomic E-state index is -0.812. The fraction of sp³-hybridized carbons (Fsp3) is 0.385. The zero-order chi connectivity index (χ0) is 25.2. The number of para-hydroxylation sites is 1. The second kappa shape index (κ2) is 9.85. The van der Waals surface area contributed by atoms with Gasteiger partial charge in [0.05, 0.1) is 12.1 Å². The molecule has 4 rings (SSSR count). The second-order valence-electron chi connectivity index (χ2n) is 9.97. The van der Waals surface area contributed by atoms with Gasteiger partial charge in [-0.2, -0.15) is 5.10 Å². The average Bonchev–Trinajstić information content (AvgIpc) is 3.40. The van der Waals surface area contributed by atoms with Crippen molar-refractivity contribution >= 4 is 28.6 Å². The van der Waals surface area contributed by atoms with Gasteiger partial charge >= 0.3 is 0 Å². The third kappa shape index (κ3) is 5.67. The first-order chi connectivity index (χ1) is 16.6. The molecule has 35 heavy (non-hydrogen) atoms. The highest BCUT2D eigenvalue weighted by atomic mass is 19.1. The molecule has 1 aromatic heterocycles. The second-order valence-corrected chi connectivity index (χ2v) is 9.97. The van der Waals surface area contributed by atoms with E-state index in [-0.39, 0.29) is 29.4 Å². The lowest BCUT2D eigenvalue weighted by Gasteiger charge is -2.30. The number of nitrogens with zero attached hydrogens (tertiary/aromatic N) is 2. The normalized spacial score (nSPS) is 16.7. The lowest BCUT2D eigenvalue weighted by atomic mass is 9.86. The zero-order valence-electron chi connectivity index (χ0n) is 20.1. The number of amides is 3. The molecule has 0 bridgehead atoms. The Bertz CT molecular complexity index is 1250. The molecule has 0 spiro atoms. The monoisotopic (exact) mass is 479 g/mol. The SMILES string of the molecule is CC(C)(C)C(NC(=O)c1nn(Cc2ccc(F)cc2)c2ccccc12)C(=O)NC[C@@H]1CCC(=O)N1. The third-order valence-corrected chi connectivity index (χ3v) is 6.13. The molecule has 0 radical (unpaired) electrons. The minimum Gasteiger partial charge on any atom is -0.352 e. The quantitative estimate of drug-likeness (QED) is 0.485. The van der Waals surface area contributed by atoms with Crippen LogP contribution in [0.15, 0.2) is 48.5 Å². The molecule has 2 aromatic carbocycles. The minimum absolute atomic E-state index is 0.0203. The molecule has 3 amide bonds. The van der Waals surface area contributed by atoms with Crippen molar-refractivity contribution in [1.29, 1.82) is 0 Å². The van der Waals surface area contributed by atoms with Crippen molar-refractivity contribution in [2.45, 2.75) is 52.2 Å². The Morgan fingerprint density at radius 2 is 1.89 bits per heavy atom. The number of halogens is 1. The standard InChI is InChI=1S/C26H30FN5O3/c1-26(2,3)23(25(35)28-14-18-12-13-21(33)29-18)30-24(34)22-19-6-4-5-7-20(19)32(31-22)15-16-8-10-17(27)11-9-16/h4-11,18,23H,12-15H2,1-3H3,(H,28,35)(H,29,33)(H,30,34)/t18-,23?/m0/s1. The molecule has 0 saturated carbocycles. The fourth-order valence-electron chi connectivity index (χ4n) is 4.21. The van der Waals surface area contributed by atoms with Crippen molar-refractivity contribution in [3.05, 3.63) is 65.6 Å². The maximum absolute atomic E-state index is 13.4. The van der Waals surface area contributed by atoms with Gasteiger partial charge in [0.1, 0.15) is 11.9 Å². The summed E-state index contributed by atoms with van der Waals surface area (Å²) in [7, 11) is 0. The number of hydrogen-bond donors (Lipinski definition) is 3. The van der Waals surface area contributed by atoms with E-state index in [9.17, 15) is 18.8 Å². The topological polar surface area (TPSA) is 105 Å². The van der Waals surface area contributed by atoms with E-state index in [0.29, 0.717) is 31.3 Å². The fourth-order valence-corrected chi connectivity index (χ4v) is 4.21. The van der Waals surface area contributed by atoms with Crippen LogP contribution in [-0.2, 0) is 16.1 Å². The molecular formula is C26H30FN5O3. The summed E-state index contributed by atoms with van der Waals surface area (Å²) in [4.78, 5) is 37.8. The van der Waals surface area contributed by atoms with Crippen molar-refractivity contribution in [2.75, 3.05) is 6.54 Å². The Balaban J connectivity index is 1.54. The predicted molar refractivity (Wildman–Crippen MR) is 130 cm³/mol. The number of carbonyl (C=O) groups is 3. The van der Waals surface area contributed by atoms with E-state index in [1.165, 1.54) is 12.1 Å². The highest BCUT2D eigenvalue weighted by Crippen LogP contribution is 2.23. The molecule has 2 atom stereocenters. The highest BCUT2D eigenvalue weighted by Gasteiger charge is 2.34. The van der Waals surface area contributed by atoms with E-state index in [1.807, 2.05) is 45.0 Å². The predicted octanol–water partition coefficient (Wildman–Crippen LogP) is 2.76. The zero-order valence-corrected chi connectivity index (χ0v) is 20.1. The van der Waals surface area contributed by atoms with Crippen molar-refractivity contribution < 1.29 is 18.8 Å². The van der Waals surface area contributed by atoms with Gasteiger partial charge < -0.3 is 16.0 Å². The molecule has 184 valence electrons. The summed E-state index contributed by atoms with van der Waals surface area (Å²) in [6.45, 7) is 6.30. The highest BCUT2D eigenvalue weighted by molar-refractivity contribution is 6.06. The maximum Gasteiger partial charge on any atom is 0.273 e. The van der Waals surface area contributed by atoms with Gasteiger partial charge in [-0.15, -0.1) is 0 Å². The Labute approximate surface area is 203 Å². The van der Waals surface area contributed by atoms with Crippen LogP contribution in [-0.4, -0.2) is 46.1 Å². The number of benzene rings is 2. The van der Waals surface area contributed by atoms with Crippen LogP contribution < -0.4 is 16.0 Å². The molecule has 1 aliphatic rings. The van der Waals surface area contributed by atoms with Crippen LogP contribution in [0.3, 0.4) is 0 Å². The number of nitrogens with one attached hydrogen (secondary N) is 3. The van der Waals surface area contributed by atoms with Gasteiger partial charge in [-0.1, -0.05) is 51.1 Å². The summed E-state index contributed by atoms with van der Waals surface area (Å²) < 4.78 is 15.0. The molecule has 9 heteroatoms. The van der Waals surface area contributed by atoms with Gasteiger partial charge in [-0.25, -0.2) is 4.39 Å². The molecule has 1 fully saturated rings. The number of hydrogen-bond acceptors (Lipinski definition) is 4. The van der Waals surface area contributed by atoms with E-state index in [4.69, 9.17) is 0 Å². The van der Waals surface area contributed by atoms with Gasteiger partial charge in [0.15, 0.2) is 5.69 Å². The van der Waals surface area contributed by atoms with Gasteiger partial charge in [0, 0.05) is 24.4 Å². The van der Waals surface area contributed by atoms with E-state index in [1.54, 1.807) is 16.8 Å². The summed E-state index contributed by atoms with van der Waals surface area (Å²) in [5, 5.41) is 13.8. The van der Waals surface area contributed by atoms with Gasteiger partial charge in [-0.05, 0) is 35.6 Å². The first-order valence-electron chi connectivity index (χ1n) is 11.7.